The van der Waals surface area contributed by atoms with E-state index in [2.05, 4.69) is 66.2 Å². The van der Waals surface area contributed by atoms with Gasteiger partial charge in [0, 0.05) is 37.3 Å². The molecule has 0 amide bonds. The lowest BCUT2D eigenvalue weighted by atomic mass is 10.1. The quantitative estimate of drug-likeness (QED) is 0.601. The summed E-state index contributed by atoms with van der Waals surface area (Å²) in [5, 5.41) is 5.99. The summed E-state index contributed by atoms with van der Waals surface area (Å²) >= 11 is 0. The number of anilines is 1. The van der Waals surface area contributed by atoms with E-state index >= 15 is 0 Å². The Hall–Kier alpha value is -1.80. The number of fused-ring (bicyclic) bond motifs is 1. The Bertz CT molecular complexity index is 528. The first-order valence-corrected chi connectivity index (χ1v) is 6.91. The van der Waals surface area contributed by atoms with Crippen molar-refractivity contribution in [2.24, 2.45) is 0 Å². The number of nitrogens with zero attached hydrogens (tertiary/aromatic N) is 1. The van der Waals surface area contributed by atoms with Crippen molar-refractivity contribution in [3.63, 3.8) is 0 Å². The van der Waals surface area contributed by atoms with Crippen LogP contribution in [0.15, 0.2) is 55.1 Å². The van der Waals surface area contributed by atoms with Crippen LogP contribution in [0.5, 0.6) is 0 Å². The van der Waals surface area contributed by atoms with Crippen molar-refractivity contribution in [3.8, 4) is 0 Å². The fraction of sp³-hybridized carbons (Fsp3) is 0.294. The summed E-state index contributed by atoms with van der Waals surface area (Å²) in [6.45, 7) is 9.80. The molecule has 2 heteroatoms. The average Bonchev–Trinajstić information content (AvgIpc) is 2.47. The van der Waals surface area contributed by atoms with Crippen LogP contribution in [0.1, 0.15) is 6.92 Å². The summed E-state index contributed by atoms with van der Waals surface area (Å²) in [6, 6.07) is 15.1. The second-order valence-electron chi connectivity index (χ2n) is 4.57. The molecule has 0 spiro atoms. The highest BCUT2D eigenvalue weighted by atomic mass is 15.1. The number of rotatable bonds is 7. The Labute approximate surface area is 115 Å². The van der Waals surface area contributed by atoms with Gasteiger partial charge in [-0.3, -0.25) is 0 Å². The zero-order valence-electron chi connectivity index (χ0n) is 11.6. The lowest BCUT2D eigenvalue weighted by molar-refractivity contribution is 0.709. The van der Waals surface area contributed by atoms with Crippen LogP contribution in [0.25, 0.3) is 10.8 Å². The lowest BCUT2D eigenvalue weighted by Crippen LogP contribution is -2.32. The molecule has 100 valence electrons. The summed E-state index contributed by atoms with van der Waals surface area (Å²) < 4.78 is 0. The molecule has 0 aromatic heterocycles. The maximum atomic E-state index is 3.72. The van der Waals surface area contributed by atoms with Crippen LogP contribution >= 0.6 is 0 Å². The van der Waals surface area contributed by atoms with E-state index in [0.29, 0.717) is 0 Å². The van der Waals surface area contributed by atoms with Gasteiger partial charge in [0.2, 0.25) is 0 Å². The molecular weight excluding hydrogens is 232 g/mol. The summed E-state index contributed by atoms with van der Waals surface area (Å²) in [7, 11) is 0. The second-order valence-corrected chi connectivity index (χ2v) is 4.57. The minimum atomic E-state index is 0.868. The molecule has 0 bridgehead atoms. The third-order valence-corrected chi connectivity index (χ3v) is 3.34. The Morgan fingerprint density at radius 3 is 2.74 bits per heavy atom. The van der Waals surface area contributed by atoms with Gasteiger partial charge in [0.1, 0.15) is 0 Å². The zero-order valence-corrected chi connectivity index (χ0v) is 11.6. The fourth-order valence-electron chi connectivity index (χ4n) is 2.35. The second kappa shape index (κ2) is 6.95. The fourth-order valence-corrected chi connectivity index (χ4v) is 2.35. The Morgan fingerprint density at radius 1 is 1.16 bits per heavy atom. The molecule has 19 heavy (non-hydrogen) atoms. The molecular formula is C17H22N2. The summed E-state index contributed by atoms with van der Waals surface area (Å²) in [4.78, 5) is 2.42. The topological polar surface area (TPSA) is 15.3 Å². The molecule has 2 nitrogen and oxygen atoms in total. The van der Waals surface area contributed by atoms with Gasteiger partial charge < -0.3 is 10.2 Å². The van der Waals surface area contributed by atoms with Crippen molar-refractivity contribution in [3.05, 3.63) is 55.1 Å². The maximum Gasteiger partial charge on any atom is 0.0446 e. The van der Waals surface area contributed by atoms with Crippen LogP contribution in [0.4, 0.5) is 5.69 Å². The van der Waals surface area contributed by atoms with Crippen LogP contribution in [-0.4, -0.2) is 26.2 Å². The molecule has 2 aromatic rings. The molecule has 0 unspecified atom stereocenters. The van der Waals surface area contributed by atoms with E-state index in [9.17, 15) is 0 Å². The van der Waals surface area contributed by atoms with Crippen molar-refractivity contribution in [2.45, 2.75) is 6.92 Å². The van der Waals surface area contributed by atoms with Crippen molar-refractivity contribution in [1.29, 1.82) is 0 Å². The van der Waals surface area contributed by atoms with Crippen molar-refractivity contribution in [2.75, 3.05) is 31.1 Å². The zero-order chi connectivity index (χ0) is 13.5. The monoisotopic (exact) mass is 254 g/mol. The van der Waals surface area contributed by atoms with E-state index in [1.54, 1.807) is 0 Å². The van der Waals surface area contributed by atoms with Crippen LogP contribution < -0.4 is 10.2 Å². The van der Waals surface area contributed by atoms with Gasteiger partial charge in [0.25, 0.3) is 0 Å². The van der Waals surface area contributed by atoms with Gasteiger partial charge >= 0.3 is 0 Å². The predicted molar refractivity (Wildman–Crippen MR) is 84.9 cm³/mol. The highest BCUT2D eigenvalue weighted by molar-refractivity contribution is 5.94. The number of nitrogens with one attached hydrogen (secondary N) is 1. The molecule has 0 saturated heterocycles. The van der Waals surface area contributed by atoms with Gasteiger partial charge in [-0.2, -0.15) is 0 Å². The first kappa shape index (κ1) is 13.6. The molecule has 2 rings (SSSR count). The predicted octanol–water partition coefficient (Wildman–Crippen LogP) is 3.44. The molecule has 0 fully saturated rings. The molecule has 0 aliphatic heterocycles. The standard InChI is InChI=1S/C17H22N2/c1-3-12-18-13-14-19(4-2)17-11-7-9-15-8-5-6-10-16(15)17/h3,5-11,18H,1,4,12-14H2,2H3. The number of hydrogen-bond donors (Lipinski definition) is 1. The summed E-state index contributed by atoms with van der Waals surface area (Å²) in [5.41, 5.74) is 1.32. The normalized spacial score (nSPS) is 10.6. The molecule has 0 aliphatic carbocycles. The van der Waals surface area contributed by atoms with Gasteiger partial charge in [-0.1, -0.05) is 42.5 Å². The molecule has 2 aromatic carbocycles. The number of benzene rings is 2. The van der Waals surface area contributed by atoms with E-state index in [-0.39, 0.29) is 0 Å². The van der Waals surface area contributed by atoms with Crippen LogP contribution in [0, 0.1) is 0 Å². The summed E-state index contributed by atoms with van der Waals surface area (Å²) in [6.07, 6.45) is 1.90. The first-order chi connectivity index (χ1) is 9.36. The van der Waals surface area contributed by atoms with E-state index in [4.69, 9.17) is 0 Å². The molecule has 0 radical (unpaired) electrons. The van der Waals surface area contributed by atoms with Crippen molar-refractivity contribution in [1.82, 2.24) is 5.32 Å². The SMILES string of the molecule is C=CCNCCN(CC)c1cccc2ccccc12. The average molecular weight is 254 g/mol. The molecule has 0 atom stereocenters. The third kappa shape index (κ3) is 3.36. The van der Waals surface area contributed by atoms with Gasteiger partial charge in [-0.15, -0.1) is 6.58 Å². The largest absolute Gasteiger partial charge is 0.370 e. The molecule has 0 aliphatic rings. The minimum Gasteiger partial charge on any atom is -0.370 e. The Kier molecular flexibility index (Phi) is 4.99. The van der Waals surface area contributed by atoms with Crippen LogP contribution in [0.3, 0.4) is 0 Å². The van der Waals surface area contributed by atoms with Crippen LogP contribution in [-0.2, 0) is 0 Å². The highest BCUT2D eigenvalue weighted by Crippen LogP contribution is 2.26. The van der Waals surface area contributed by atoms with E-state index in [1.807, 2.05) is 6.08 Å². The lowest BCUT2D eigenvalue weighted by Gasteiger charge is -2.24. The third-order valence-electron chi connectivity index (χ3n) is 3.34. The Morgan fingerprint density at radius 2 is 1.95 bits per heavy atom. The molecule has 0 heterocycles. The Balaban J connectivity index is 2.18. The van der Waals surface area contributed by atoms with Gasteiger partial charge in [-0.25, -0.2) is 0 Å². The van der Waals surface area contributed by atoms with Gasteiger partial charge in [0.15, 0.2) is 0 Å². The van der Waals surface area contributed by atoms with Crippen molar-refractivity contribution >= 4 is 16.5 Å². The van der Waals surface area contributed by atoms with Crippen LogP contribution in [0.2, 0.25) is 0 Å². The summed E-state index contributed by atoms with van der Waals surface area (Å²) in [5.74, 6) is 0. The van der Waals surface area contributed by atoms with Crippen molar-refractivity contribution < 1.29 is 0 Å². The highest BCUT2D eigenvalue weighted by Gasteiger charge is 2.07. The molecule has 1 N–H and O–H groups in total. The minimum absolute atomic E-state index is 0.868. The van der Waals surface area contributed by atoms with Gasteiger partial charge in [-0.05, 0) is 18.4 Å². The number of likely N-dealkylation sites (N-methyl/N-ethyl adjacent to an activating group) is 1. The smallest absolute Gasteiger partial charge is 0.0446 e. The first-order valence-electron chi connectivity index (χ1n) is 6.91. The number of hydrogen-bond acceptors (Lipinski definition) is 2. The van der Waals surface area contributed by atoms with E-state index < -0.39 is 0 Å². The molecule has 0 saturated carbocycles. The van der Waals surface area contributed by atoms with E-state index in [1.165, 1.54) is 16.5 Å². The van der Waals surface area contributed by atoms with E-state index in [0.717, 1.165) is 26.2 Å². The van der Waals surface area contributed by atoms with Gasteiger partial charge in [0.05, 0.1) is 0 Å². The maximum absolute atomic E-state index is 3.72.